The van der Waals surface area contributed by atoms with Crippen LogP contribution in [0, 0.1) is 0 Å². The first-order valence-corrected chi connectivity index (χ1v) is 3.99. The molecule has 0 radical (unpaired) electrons. The highest BCUT2D eigenvalue weighted by atomic mass is 32.2. The number of rotatable bonds is 0. The predicted octanol–water partition coefficient (Wildman–Crippen LogP) is -2.38. The van der Waals surface area contributed by atoms with Crippen molar-refractivity contribution in [1.29, 1.82) is 0 Å². The van der Waals surface area contributed by atoms with Gasteiger partial charge in [-0.15, -0.1) is 0 Å². The third-order valence-electron chi connectivity index (χ3n) is 0.837. The lowest BCUT2D eigenvalue weighted by Crippen LogP contribution is -2.34. The molecule has 0 aromatic rings. The number of carbonyl (C=O) groups is 4. The summed E-state index contributed by atoms with van der Waals surface area (Å²) < 4.78 is 20.9. The summed E-state index contributed by atoms with van der Waals surface area (Å²) in [6, 6.07) is 0. The van der Waals surface area contributed by atoms with Crippen LogP contribution in [0.4, 0.5) is 0 Å². The van der Waals surface area contributed by atoms with Crippen LogP contribution in [0.1, 0.15) is 0 Å². The average molecular weight is 210 g/mol. The van der Waals surface area contributed by atoms with Gasteiger partial charge in [0.05, 0.1) is 0 Å². The molecule has 0 fully saturated rings. The molecule has 0 bridgehead atoms. The van der Waals surface area contributed by atoms with E-state index in [4.69, 9.17) is 10.2 Å². The summed E-state index contributed by atoms with van der Waals surface area (Å²) in [5.74, 6) is -4.82. The Kier molecular flexibility index (Phi) is 2.86. The molecular formula is C4H2O8S. The molecule has 0 heterocycles. The SMILES string of the molecule is O=C(O)C(=O)S(=O)(=O)C(=O)C(=O)O. The molecule has 0 saturated carbocycles. The first kappa shape index (κ1) is 11.2. The molecule has 72 valence electrons. The van der Waals surface area contributed by atoms with Crippen molar-refractivity contribution in [2.75, 3.05) is 0 Å². The number of carboxylic acids is 2. The summed E-state index contributed by atoms with van der Waals surface area (Å²) in [6.45, 7) is 0. The third kappa shape index (κ3) is 2.08. The fourth-order valence-corrected chi connectivity index (χ4v) is 0.942. The molecule has 0 atom stereocenters. The Labute approximate surface area is 70.7 Å². The van der Waals surface area contributed by atoms with Gasteiger partial charge in [0.25, 0.3) is 9.84 Å². The molecule has 0 unspecified atom stereocenters. The minimum atomic E-state index is -5.41. The number of aliphatic carboxylic acids is 2. The summed E-state index contributed by atoms with van der Waals surface area (Å²) >= 11 is 0. The summed E-state index contributed by atoms with van der Waals surface area (Å²) in [5, 5.41) is 10.8. The average Bonchev–Trinajstić information content (AvgIpc) is 2.01. The molecule has 0 aliphatic rings. The van der Waals surface area contributed by atoms with Crippen LogP contribution in [0.2, 0.25) is 0 Å². The lowest BCUT2D eigenvalue weighted by Gasteiger charge is -1.92. The van der Waals surface area contributed by atoms with Crippen LogP contribution in [-0.4, -0.2) is 40.8 Å². The maximum atomic E-state index is 10.5. The van der Waals surface area contributed by atoms with E-state index in [1.165, 1.54) is 0 Å². The molecular weight excluding hydrogens is 208 g/mol. The van der Waals surface area contributed by atoms with Crippen molar-refractivity contribution in [2.24, 2.45) is 0 Å². The van der Waals surface area contributed by atoms with Gasteiger partial charge in [-0.3, -0.25) is 9.59 Å². The fraction of sp³-hybridized carbons (Fsp3) is 0. The first-order valence-electron chi connectivity index (χ1n) is 2.51. The lowest BCUT2D eigenvalue weighted by atomic mass is 10.8. The number of sulfone groups is 1. The van der Waals surface area contributed by atoms with Crippen molar-refractivity contribution in [3.05, 3.63) is 0 Å². The van der Waals surface area contributed by atoms with E-state index in [9.17, 15) is 27.6 Å². The Morgan fingerprint density at radius 1 is 0.769 bits per heavy atom. The van der Waals surface area contributed by atoms with Gasteiger partial charge in [0.15, 0.2) is 0 Å². The van der Waals surface area contributed by atoms with E-state index in [0.29, 0.717) is 0 Å². The number of carbonyl (C=O) groups excluding carboxylic acids is 2. The van der Waals surface area contributed by atoms with E-state index in [0.717, 1.165) is 0 Å². The molecule has 0 saturated heterocycles. The van der Waals surface area contributed by atoms with Crippen molar-refractivity contribution in [2.45, 2.75) is 0 Å². The van der Waals surface area contributed by atoms with Crippen molar-refractivity contribution in [3.63, 3.8) is 0 Å². The molecule has 0 spiro atoms. The highest BCUT2D eigenvalue weighted by Gasteiger charge is 2.40. The number of hydrogen-bond acceptors (Lipinski definition) is 6. The molecule has 0 amide bonds. The van der Waals surface area contributed by atoms with Gasteiger partial charge in [-0.25, -0.2) is 18.0 Å². The Morgan fingerprint density at radius 3 is 1.15 bits per heavy atom. The second kappa shape index (κ2) is 3.31. The van der Waals surface area contributed by atoms with E-state index in [1.54, 1.807) is 0 Å². The number of hydrogen-bond donors (Lipinski definition) is 2. The monoisotopic (exact) mass is 210 g/mol. The Bertz CT molecular complexity index is 354. The highest BCUT2D eigenvalue weighted by Crippen LogP contribution is 1.95. The minimum absolute atomic E-state index is 2.41. The summed E-state index contributed by atoms with van der Waals surface area (Å²) in [4.78, 5) is 40.1. The van der Waals surface area contributed by atoms with Gasteiger partial charge in [0.2, 0.25) is 0 Å². The van der Waals surface area contributed by atoms with Gasteiger partial charge in [-0.05, 0) is 0 Å². The van der Waals surface area contributed by atoms with Crippen LogP contribution in [0.15, 0.2) is 0 Å². The molecule has 0 aromatic heterocycles. The van der Waals surface area contributed by atoms with Crippen molar-refractivity contribution >= 4 is 32.0 Å². The third-order valence-corrected chi connectivity index (χ3v) is 2.16. The zero-order valence-corrected chi connectivity index (χ0v) is 6.57. The molecule has 0 aliphatic carbocycles. The normalized spacial score (nSPS) is 10.5. The molecule has 9 heteroatoms. The Hall–Kier alpha value is -1.77. The van der Waals surface area contributed by atoms with Crippen molar-refractivity contribution in [3.8, 4) is 0 Å². The fourth-order valence-electron chi connectivity index (χ4n) is 0.314. The summed E-state index contributed by atoms with van der Waals surface area (Å²) in [5.41, 5.74) is 0. The van der Waals surface area contributed by atoms with E-state index < -0.39 is 32.0 Å². The van der Waals surface area contributed by atoms with Crippen LogP contribution >= 0.6 is 0 Å². The van der Waals surface area contributed by atoms with Crippen LogP contribution in [-0.2, 0) is 29.0 Å². The Balaban J connectivity index is 5.25. The van der Waals surface area contributed by atoms with Gasteiger partial charge in [-0.1, -0.05) is 0 Å². The lowest BCUT2D eigenvalue weighted by molar-refractivity contribution is -0.146. The van der Waals surface area contributed by atoms with E-state index in [2.05, 4.69) is 0 Å². The highest BCUT2D eigenvalue weighted by molar-refractivity contribution is 8.21. The molecule has 0 aliphatic heterocycles. The van der Waals surface area contributed by atoms with E-state index >= 15 is 0 Å². The van der Waals surface area contributed by atoms with Gasteiger partial charge < -0.3 is 10.2 Å². The first-order chi connectivity index (χ1) is 5.71. The second-order valence-electron chi connectivity index (χ2n) is 1.69. The summed E-state index contributed by atoms with van der Waals surface area (Å²) in [6.07, 6.45) is 0. The second-order valence-corrected chi connectivity index (χ2v) is 3.44. The van der Waals surface area contributed by atoms with Crippen LogP contribution in [0.5, 0.6) is 0 Å². The van der Waals surface area contributed by atoms with Crippen LogP contribution in [0.25, 0.3) is 0 Å². The van der Waals surface area contributed by atoms with E-state index in [-0.39, 0.29) is 0 Å². The van der Waals surface area contributed by atoms with Crippen LogP contribution < -0.4 is 0 Å². The topological polar surface area (TPSA) is 143 Å². The quantitative estimate of drug-likeness (QED) is 0.422. The molecule has 0 aromatic carbocycles. The van der Waals surface area contributed by atoms with Gasteiger partial charge in [0, 0.05) is 0 Å². The van der Waals surface area contributed by atoms with Gasteiger partial charge in [-0.2, -0.15) is 0 Å². The standard InChI is InChI=1S/C4H2O8S/c5-1(6)3(9)13(11,12)4(10)2(7)8/h(H,5,6)(H,7,8). The molecule has 2 N–H and O–H groups in total. The minimum Gasteiger partial charge on any atom is -0.475 e. The molecule has 0 rings (SSSR count). The predicted molar refractivity (Wildman–Crippen MR) is 34.2 cm³/mol. The van der Waals surface area contributed by atoms with E-state index in [1.807, 2.05) is 0 Å². The van der Waals surface area contributed by atoms with Crippen molar-refractivity contribution < 1.29 is 37.8 Å². The van der Waals surface area contributed by atoms with Crippen molar-refractivity contribution in [1.82, 2.24) is 0 Å². The molecule has 8 nitrogen and oxygen atoms in total. The summed E-state index contributed by atoms with van der Waals surface area (Å²) in [7, 11) is -5.41. The Morgan fingerprint density at radius 2 is 1.00 bits per heavy atom. The van der Waals surface area contributed by atoms with Gasteiger partial charge >= 0.3 is 22.2 Å². The number of carboxylic acid groups (broad SMARTS) is 2. The zero-order valence-electron chi connectivity index (χ0n) is 5.75. The maximum Gasteiger partial charge on any atom is 0.389 e. The maximum absolute atomic E-state index is 10.5. The van der Waals surface area contributed by atoms with Crippen LogP contribution in [0.3, 0.4) is 0 Å². The van der Waals surface area contributed by atoms with Gasteiger partial charge in [0.1, 0.15) is 0 Å². The zero-order chi connectivity index (χ0) is 10.8. The largest absolute Gasteiger partial charge is 0.475 e. The molecule has 13 heavy (non-hydrogen) atoms. The smallest absolute Gasteiger partial charge is 0.389 e.